The molecule has 0 spiro atoms. The van der Waals surface area contributed by atoms with E-state index in [0.29, 0.717) is 17.2 Å². The lowest BCUT2D eigenvalue weighted by Crippen LogP contribution is -1.96. The smallest absolute Gasteiger partial charge is 0.346 e. The number of benzene rings is 1. The third kappa shape index (κ3) is 2.90. The molecule has 0 unspecified atom stereocenters. The molecule has 0 amide bonds. The highest BCUT2D eigenvalue weighted by molar-refractivity contribution is 7.12. The molecule has 0 aliphatic rings. The molecule has 2 aromatic rings. The van der Waals surface area contributed by atoms with Crippen molar-refractivity contribution in [3.8, 4) is 5.75 Å². The van der Waals surface area contributed by atoms with Crippen molar-refractivity contribution in [2.45, 2.75) is 20.5 Å². The Labute approximate surface area is 110 Å². The van der Waals surface area contributed by atoms with E-state index in [1.54, 1.807) is 11.4 Å². The van der Waals surface area contributed by atoms with E-state index < -0.39 is 5.97 Å². The van der Waals surface area contributed by atoms with Crippen molar-refractivity contribution in [1.82, 2.24) is 0 Å². The molecule has 1 heterocycles. The molecule has 0 radical (unpaired) electrons. The van der Waals surface area contributed by atoms with E-state index in [1.807, 2.05) is 6.07 Å². The van der Waals surface area contributed by atoms with Gasteiger partial charge in [0.25, 0.3) is 0 Å². The lowest BCUT2D eigenvalue weighted by atomic mass is 10.1. The number of ether oxygens (including phenoxy) is 1. The summed E-state index contributed by atoms with van der Waals surface area (Å²) in [7, 11) is 0. The van der Waals surface area contributed by atoms with Gasteiger partial charge in [-0.3, -0.25) is 0 Å². The fourth-order valence-electron chi connectivity index (χ4n) is 1.57. The molecule has 0 bridgehead atoms. The number of aryl methyl sites for hydroxylation is 2. The Morgan fingerprint density at radius 2 is 2.06 bits per heavy atom. The van der Waals surface area contributed by atoms with Crippen molar-refractivity contribution in [2.24, 2.45) is 0 Å². The summed E-state index contributed by atoms with van der Waals surface area (Å²) < 4.78 is 5.56. The van der Waals surface area contributed by atoms with Gasteiger partial charge in [0.1, 0.15) is 17.2 Å². The molecule has 2 rings (SSSR count). The molecule has 1 aromatic heterocycles. The van der Waals surface area contributed by atoms with Gasteiger partial charge in [-0.1, -0.05) is 18.2 Å². The zero-order valence-electron chi connectivity index (χ0n) is 10.3. The maximum absolute atomic E-state index is 10.7. The van der Waals surface area contributed by atoms with Gasteiger partial charge in [0.2, 0.25) is 0 Å². The fraction of sp³-hybridized carbons (Fsp3) is 0.214. The molecule has 18 heavy (non-hydrogen) atoms. The van der Waals surface area contributed by atoms with Crippen molar-refractivity contribution in [3.63, 3.8) is 0 Å². The molecular weight excluding hydrogens is 248 g/mol. The Morgan fingerprint density at radius 1 is 1.28 bits per heavy atom. The van der Waals surface area contributed by atoms with Gasteiger partial charge in [-0.25, -0.2) is 4.79 Å². The van der Waals surface area contributed by atoms with E-state index >= 15 is 0 Å². The Balaban J connectivity index is 2.02. The van der Waals surface area contributed by atoms with Gasteiger partial charge in [0.15, 0.2) is 0 Å². The van der Waals surface area contributed by atoms with Crippen LogP contribution in [0.25, 0.3) is 0 Å². The van der Waals surface area contributed by atoms with E-state index in [2.05, 4.69) is 26.0 Å². The molecule has 94 valence electrons. The van der Waals surface area contributed by atoms with Crippen LogP contribution in [0.4, 0.5) is 0 Å². The highest BCUT2D eigenvalue weighted by atomic mass is 32.1. The van der Waals surface area contributed by atoms with Crippen LogP contribution in [0.1, 0.15) is 26.4 Å². The topological polar surface area (TPSA) is 46.5 Å². The molecule has 0 fully saturated rings. The molecule has 1 aromatic carbocycles. The van der Waals surface area contributed by atoms with Gasteiger partial charge < -0.3 is 9.84 Å². The van der Waals surface area contributed by atoms with Gasteiger partial charge in [-0.2, -0.15) is 0 Å². The van der Waals surface area contributed by atoms with Gasteiger partial charge in [-0.05, 0) is 30.5 Å². The molecule has 0 saturated heterocycles. The fourth-order valence-corrected chi connectivity index (χ4v) is 2.23. The van der Waals surface area contributed by atoms with Crippen LogP contribution in [0.15, 0.2) is 29.6 Å². The first-order valence-corrected chi connectivity index (χ1v) is 6.45. The quantitative estimate of drug-likeness (QED) is 0.915. The Bertz CT molecular complexity index is 572. The predicted octanol–water partition coefficient (Wildman–Crippen LogP) is 3.64. The number of aromatic carboxylic acids is 1. The van der Waals surface area contributed by atoms with E-state index in [-0.39, 0.29) is 0 Å². The molecular formula is C14H14O3S. The van der Waals surface area contributed by atoms with Crippen molar-refractivity contribution in [1.29, 1.82) is 0 Å². The normalized spacial score (nSPS) is 10.3. The van der Waals surface area contributed by atoms with Gasteiger partial charge in [-0.15, -0.1) is 11.3 Å². The van der Waals surface area contributed by atoms with E-state index in [4.69, 9.17) is 9.84 Å². The van der Waals surface area contributed by atoms with Crippen LogP contribution >= 0.6 is 11.3 Å². The number of carboxylic acid groups (broad SMARTS) is 1. The number of hydrogen-bond donors (Lipinski definition) is 1. The van der Waals surface area contributed by atoms with E-state index in [9.17, 15) is 4.79 Å². The molecule has 1 N–H and O–H groups in total. The standard InChI is InChI=1S/C14H14O3S/c1-9-3-4-11(5-10(9)2)7-17-12-6-13(14(15)16)18-8-12/h3-6,8H,7H2,1-2H3,(H,15,16). The van der Waals surface area contributed by atoms with Gasteiger partial charge in [0, 0.05) is 11.4 Å². The largest absolute Gasteiger partial charge is 0.488 e. The van der Waals surface area contributed by atoms with Gasteiger partial charge >= 0.3 is 5.97 Å². The van der Waals surface area contributed by atoms with E-state index in [1.165, 1.54) is 22.5 Å². The summed E-state index contributed by atoms with van der Waals surface area (Å²) in [5.41, 5.74) is 3.57. The minimum absolute atomic E-state index is 0.296. The molecule has 0 aliphatic carbocycles. The average molecular weight is 262 g/mol. The zero-order valence-corrected chi connectivity index (χ0v) is 11.1. The van der Waals surface area contributed by atoms with Crippen molar-refractivity contribution < 1.29 is 14.6 Å². The van der Waals surface area contributed by atoms with Crippen molar-refractivity contribution in [3.05, 3.63) is 51.2 Å². The third-order valence-corrected chi connectivity index (χ3v) is 3.66. The van der Waals surface area contributed by atoms with Crippen molar-refractivity contribution in [2.75, 3.05) is 0 Å². The van der Waals surface area contributed by atoms with Crippen LogP contribution in [-0.2, 0) is 6.61 Å². The summed E-state index contributed by atoms with van der Waals surface area (Å²) in [5, 5.41) is 10.5. The lowest BCUT2D eigenvalue weighted by Gasteiger charge is -2.06. The maximum atomic E-state index is 10.7. The highest BCUT2D eigenvalue weighted by Gasteiger charge is 2.07. The Morgan fingerprint density at radius 3 is 2.67 bits per heavy atom. The summed E-state index contributed by atoms with van der Waals surface area (Å²) in [4.78, 5) is 11.0. The summed E-state index contributed by atoms with van der Waals surface area (Å²) in [6.45, 7) is 4.58. The highest BCUT2D eigenvalue weighted by Crippen LogP contribution is 2.22. The number of thiophene rings is 1. The number of carbonyl (C=O) groups is 1. The van der Waals surface area contributed by atoms with Crippen LogP contribution in [-0.4, -0.2) is 11.1 Å². The maximum Gasteiger partial charge on any atom is 0.346 e. The second kappa shape index (κ2) is 5.23. The first kappa shape index (κ1) is 12.6. The second-order valence-electron chi connectivity index (χ2n) is 4.16. The SMILES string of the molecule is Cc1ccc(COc2csc(C(=O)O)c2)cc1C. The molecule has 4 heteroatoms. The lowest BCUT2D eigenvalue weighted by molar-refractivity contribution is 0.0702. The summed E-state index contributed by atoms with van der Waals surface area (Å²) in [5.74, 6) is -0.309. The first-order chi connectivity index (χ1) is 8.56. The third-order valence-electron chi connectivity index (χ3n) is 2.76. The number of hydrogen-bond acceptors (Lipinski definition) is 3. The van der Waals surface area contributed by atoms with E-state index in [0.717, 1.165) is 5.56 Å². The minimum Gasteiger partial charge on any atom is -0.488 e. The molecule has 0 saturated carbocycles. The zero-order chi connectivity index (χ0) is 13.1. The molecule has 0 aliphatic heterocycles. The Kier molecular flexibility index (Phi) is 3.67. The van der Waals surface area contributed by atoms with Crippen molar-refractivity contribution >= 4 is 17.3 Å². The monoisotopic (exact) mass is 262 g/mol. The van der Waals surface area contributed by atoms with Crippen LogP contribution in [0.2, 0.25) is 0 Å². The second-order valence-corrected chi connectivity index (χ2v) is 5.07. The summed E-state index contributed by atoms with van der Waals surface area (Å²) >= 11 is 1.17. The first-order valence-electron chi connectivity index (χ1n) is 5.57. The predicted molar refractivity (Wildman–Crippen MR) is 71.5 cm³/mol. The van der Waals surface area contributed by atoms with Crippen LogP contribution in [0.5, 0.6) is 5.75 Å². The summed E-state index contributed by atoms with van der Waals surface area (Å²) in [6, 6.07) is 7.71. The van der Waals surface area contributed by atoms with Crippen LogP contribution in [0.3, 0.4) is 0 Å². The van der Waals surface area contributed by atoms with Gasteiger partial charge in [0.05, 0.1) is 0 Å². The summed E-state index contributed by atoms with van der Waals surface area (Å²) in [6.07, 6.45) is 0. The number of carboxylic acids is 1. The number of rotatable bonds is 4. The minimum atomic E-state index is -0.916. The molecule has 0 atom stereocenters. The average Bonchev–Trinajstić information content (AvgIpc) is 2.79. The van der Waals surface area contributed by atoms with Crippen LogP contribution < -0.4 is 4.74 Å². The molecule has 3 nitrogen and oxygen atoms in total. The Hall–Kier alpha value is -1.81. The van der Waals surface area contributed by atoms with Crippen LogP contribution in [0, 0.1) is 13.8 Å².